The highest BCUT2D eigenvalue weighted by atomic mass is 16.6. The molecule has 0 fully saturated rings. The lowest BCUT2D eigenvalue weighted by Gasteiger charge is -2.18. The molecule has 0 saturated heterocycles. The fourth-order valence-corrected chi connectivity index (χ4v) is 8.91. The molecule has 0 aromatic carbocycles. The van der Waals surface area contributed by atoms with Gasteiger partial charge in [0.25, 0.3) is 0 Å². The summed E-state index contributed by atoms with van der Waals surface area (Å²) in [6.07, 6.45) is 72.7. The fourth-order valence-electron chi connectivity index (χ4n) is 8.91. The maximum absolute atomic E-state index is 12.8. The standard InChI is InChI=1S/C64H116O6/c1-4-7-10-13-16-19-22-25-27-28-29-30-31-32-33-34-35-36-37-40-42-45-48-51-54-57-63(66)69-60-61(59-68-62(65)56-53-50-47-44-41-38-24-21-18-15-12-9-6-3)70-64(67)58-55-52-49-46-43-39-26-23-20-17-14-11-8-5-2/h12,14-15,17,21,23-24,26,61H,4-11,13,16,18-20,22,25,27-60H2,1-3H3/b15-12-,17-14-,24-21-,26-23-. The molecule has 0 rings (SSSR count). The van der Waals surface area contributed by atoms with Crippen LogP contribution in [-0.4, -0.2) is 37.2 Å². The van der Waals surface area contributed by atoms with Crippen molar-refractivity contribution in [2.24, 2.45) is 0 Å². The molecule has 408 valence electrons. The van der Waals surface area contributed by atoms with Gasteiger partial charge in [-0.15, -0.1) is 0 Å². The van der Waals surface area contributed by atoms with E-state index >= 15 is 0 Å². The number of allylic oxidation sites excluding steroid dienone is 8. The quantitative estimate of drug-likeness (QED) is 0.0261. The van der Waals surface area contributed by atoms with Gasteiger partial charge in [0.15, 0.2) is 6.10 Å². The van der Waals surface area contributed by atoms with Gasteiger partial charge in [0.05, 0.1) is 0 Å². The zero-order chi connectivity index (χ0) is 50.7. The molecule has 1 unspecified atom stereocenters. The van der Waals surface area contributed by atoms with E-state index < -0.39 is 6.10 Å². The van der Waals surface area contributed by atoms with Crippen LogP contribution in [0.2, 0.25) is 0 Å². The van der Waals surface area contributed by atoms with E-state index in [9.17, 15) is 14.4 Å². The summed E-state index contributed by atoms with van der Waals surface area (Å²) in [5, 5.41) is 0. The van der Waals surface area contributed by atoms with Gasteiger partial charge < -0.3 is 14.2 Å². The monoisotopic (exact) mass is 981 g/mol. The van der Waals surface area contributed by atoms with Crippen molar-refractivity contribution in [3.8, 4) is 0 Å². The number of carbonyl (C=O) groups excluding carboxylic acids is 3. The largest absolute Gasteiger partial charge is 0.462 e. The average Bonchev–Trinajstić information content (AvgIpc) is 3.36. The zero-order valence-corrected chi connectivity index (χ0v) is 46.8. The molecule has 0 bridgehead atoms. The first-order chi connectivity index (χ1) is 34.5. The molecule has 0 aliphatic carbocycles. The van der Waals surface area contributed by atoms with Crippen molar-refractivity contribution in [2.45, 2.75) is 329 Å². The van der Waals surface area contributed by atoms with Crippen LogP contribution < -0.4 is 0 Å². The topological polar surface area (TPSA) is 78.9 Å². The van der Waals surface area contributed by atoms with Gasteiger partial charge in [0.2, 0.25) is 0 Å². The second kappa shape index (κ2) is 58.9. The van der Waals surface area contributed by atoms with E-state index in [0.717, 1.165) is 109 Å². The lowest BCUT2D eigenvalue weighted by Crippen LogP contribution is -2.30. The van der Waals surface area contributed by atoms with Gasteiger partial charge in [0.1, 0.15) is 13.2 Å². The Morgan fingerprint density at radius 1 is 0.286 bits per heavy atom. The van der Waals surface area contributed by atoms with Gasteiger partial charge in [-0.05, 0) is 70.6 Å². The predicted molar refractivity (Wildman–Crippen MR) is 302 cm³/mol. The summed E-state index contributed by atoms with van der Waals surface area (Å²) in [7, 11) is 0. The van der Waals surface area contributed by atoms with Crippen LogP contribution in [0.5, 0.6) is 0 Å². The Bertz CT molecular complexity index is 1220. The van der Waals surface area contributed by atoms with E-state index in [2.05, 4.69) is 69.4 Å². The summed E-state index contributed by atoms with van der Waals surface area (Å²) >= 11 is 0. The third kappa shape index (κ3) is 56.3. The van der Waals surface area contributed by atoms with Crippen molar-refractivity contribution >= 4 is 17.9 Å². The molecule has 0 aromatic rings. The van der Waals surface area contributed by atoms with Gasteiger partial charge in [-0.1, -0.05) is 281 Å². The van der Waals surface area contributed by atoms with Gasteiger partial charge in [0, 0.05) is 19.3 Å². The second-order valence-corrected chi connectivity index (χ2v) is 20.6. The van der Waals surface area contributed by atoms with Crippen LogP contribution in [0.4, 0.5) is 0 Å². The van der Waals surface area contributed by atoms with E-state index in [0.29, 0.717) is 19.3 Å². The highest BCUT2D eigenvalue weighted by Crippen LogP contribution is 2.17. The Hall–Kier alpha value is -2.63. The van der Waals surface area contributed by atoms with Gasteiger partial charge >= 0.3 is 17.9 Å². The van der Waals surface area contributed by atoms with Crippen molar-refractivity contribution in [3.05, 3.63) is 48.6 Å². The number of rotatable bonds is 56. The van der Waals surface area contributed by atoms with Crippen LogP contribution in [0, 0.1) is 0 Å². The van der Waals surface area contributed by atoms with Crippen LogP contribution in [0.15, 0.2) is 48.6 Å². The molecular weight excluding hydrogens is 865 g/mol. The second-order valence-electron chi connectivity index (χ2n) is 20.6. The molecule has 0 spiro atoms. The SMILES string of the molecule is CCC/C=C\C/C=C\CCCCCCCC(=O)OCC(COC(=O)CCCCCCCCCCCCCCCCCCCCCCCCCCC)OC(=O)CCCCCCC/C=C\C/C=C\CCCC. The molecular formula is C64H116O6. The Morgan fingerprint density at radius 2 is 0.557 bits per heavy atom. The molecule has 0 saturated carbocycles. The molecule has 0 radical (unpaired) electrons. The minimum absolute atomic E-state index is 0.0805. The van der Waals surface area contributed by atoms with Gasteiger partial charge in [-0.2, -0.15) is 0 Å². The fraction of sp³-hybridized carbons (Fsp3) is 0.828. The number of esters is 3. The number of ether oxygens (including phenoxy) is 3. The molecule has 6 nitrogen and oxygen atoms in total. The van der Waals surface area contributed by atoms with Crippen molar-refractivity contribution in [1.82, 2.24) is 0 Å². The van der Waals surface area contributed by atoms with Gasteiger partial charge in [-0.25, -0.2) is 0 Å². The van der Waals surface area contributed by atoms with Crippen LogP contribution in [0.25, 0.3) is 0 Å². The number of hydrogen-bond donors (Lipinski definition) is 0. The third-order valence-corrected chi connectivity index (χ3v) is 13.5. The number of carbonyl (C=O) groups is 3. The number of unbranched alkanes of at least 4 members (excludes halogenated alkanes) is 37. The van der Waals surface area contributed by atoms with E-state index in [-0.39, 0.29) is 31.1 Å². The maximum Gasteiger partial charge on any atom is 0.306 e. The minimum Gasteiger partial charge on any atom is -0.462 e. The third-order valence-electron chi connectivity index (χ3n) is 13.5. The van der Waals surface area contributed by atoms with Crippen LogP contribution in [0.3, 0.4) is 0 Å². The summed E-state index contributed by atoms with van der Waals surface area (Å²) < 4.78 is 16.9. The predicted octanol–water partition coefficient (Wildman–Crippen LogP) is 20.6. The molecule has 0 aliphatic rings. The van der Waals surface area contributed by atoms with Crippen LogP contribution in [-0.2, 0) is 28.6 Å². The van der Waals surface area contributed by atoms with E-state index in [1.165, 1.54) is 173 Å². The molecule has 0 amide bonds. The highest BCUT2D eigenvalue weighted by Gasteiger charge is 2.19. The van der Waals surface area contributed by atoms with Crippen LogP contribution >= 0.6 is 0 Å². The molecule has 1 atom stereocenters. The molecule has 0 aliphatic heterocycles. The summed E-state index contributed by atoms with van der Waals surface area (Å²) in [6.45, 7) is 6.55. The summed E-state index contributed by atoms with van der Waals surface area (Å²) in [4.78, 5) is 38.2. The summed E-state index contributed by atoms with van der Waals surface area (Å²) in [6, 6.07) is 0. The Kier molecular flexibility index (Phi) is 56.7. The molecule has 0 N–H and O–H groups in total. The molecule has 0 heterocycles. The minimum atomic E-state index is -0.784. The first kappa shape index (κ1) is 67.4. The van der Waals surface area contributed by atoms with Crippen molar-refractivity contribution < 1.29 is 28.6 Å². The van der Waals surface area contributed by atoms with Crippen molar-refractivity contribution in [3.63, 3.8) is 0 Å². The van der Waals surface area contributed by atoms with Crippen molar-refractivity contribution in [1.29, 1.82) is 0 Å². The lowest BCUT2D eigenvalue weighted by molar-refractivity contribution is -0.167. The molecule has 70 heavy (non-hydrogen) atoms. The zero-order valence-electron chi connectivity index (χ0n) is 46.8. The maximum atomic E-state index is 12.8. The van der Waals surface area contributed by atoms with E-state index in [1.54, 1.807) is 0 Å². The highest BCUT2D eigenvalue weighted by molar-refractivity contribution is 5.71. The Balaban J connectivity index is 4.22. The smallest absolute Gasteiger partial charge is 0.306 e. The van der Waals surface area contributed by atoms with Gasteiger partial charge in [-0.3, -0.25) is 14.4 Å². The normalized spacial score (nSPS) is 12.3. The first-order valence-electron chi connectivity index (χ1n) is 30.6. The van der Waals surface area contributed by atoms with E-state index in [1.807, 2.05) is 0 Å². The Labute approximate surface area is 435 Å². The average molecular weight is 982 g/mol. The summed E-state index contributed by atoms with van der Waals surface area (Å²) in [5.74, 6) is -0.894. The summed E-state index contributed by atoms with van der Waals surface area (Å²) in [5.41, 5.74) is 0. The number of hydrogen-bond acceptors (Lipinski definition) is 6. The van der Waals surface area contributed by atoms with Crippen molar-refractivity contribution in [2.75, 3.05) is 13.2 Å². The van der Waals surface area contributed by atoms with Crippen LogP contribution in [0.1, 0.15) is 323 Å². The lowest BCUT2D eigenvalue weighted by atomic mass is 10.0. The molecule has 6 heteroatoms. The Morgan fingerprint density at radius 3 is 0.886 bits per heavy atom. The molecule has 0 aromatic heterocycles. The first-order valence-corrected chi connectivity index (χ1v) is 30.6. The van der Waals surface area contributed by atoms with E-state index in [4.69, 9.17) is 14.2 Å².